The monoisotopic (exact) mass is 232 g/mol. The van der Waals surface area contributed by atoms with Crippen LogP contribution in [0, 0.1) is 0 Å². The lowest BCUT2D eigenvalue weighted by Crippen LogP contribution is -1.98. The van der Waals surface area contributed by atoms with E-state index < -0.39 is 0 Å². The number of nitrogens with two attached hydrogens (primary N) is 1. The largest absolute Gasteiger partial charge is 0.397 e. The molecule has 0 saturated heterocycles. The van der Waals surface area contributed by atoms with Crippen LogP contribution < -0.4 is 5.73 Å². The summed E-state index contributed by atoms with van der Waals surface area (Å²) in [5.74, 6) is 0. The molecule has 1 heterocycles. The Balaban J connectivity index is 2.21. The molecule has 0 atom stereocenters. The fourth-order valence-corrected chi connectivity index (χ4v) is 3.21. The molecule has 16 heavy (non-hydrogen) atoms. The van der Waals surface area contributed by atoms with Gasteiger partial charge < -0.3 is 5.73 Å². The molecule has 1 aromatic carbocycles. The first-order valence-electron chi connectivity index (χ1n) is 5.82. The molecule has 1 aliphatic rings. The molecule has 84 valence electrons. The van der Waals surface area contributed by atoms with Crippen molar-refractivity contribution in [2.45, 2.75) is 38.5 Å². The minimum atomic E-state index is 0.350. The van der Waals surface area contributed by atoms with Crippen molar-refractivity contribution in [2.75, 3.05) is 5.73 Å². The van der Waals surface area contributed by atoms with Crippen LogP contribution in [-0.4, -0.2) is 4.98 Å². The van der Waals surface area contributed by atoms with Gasteiger partial charge in [0.05, 0.1) is 15.4 Å². The van der Waals surface area contributed by atoms with Crippen molar-refractivity contribution >= 4 is 27.2 Å². The predicted molar refractivity (Wildman–Crippen MR) is 70.0 cm³/mol. The molecule has 0 spiro atoms. The van der Waals surface area contributed by atoms with Gasteiger partial charge in [0.1, 0.15) is 5.52 Å². The fraction of sp³-hybridized carbons (Fsp3) is 0.462. The van der Waals surface area contributed by atoms with E-state index in [1.165, 1.54) is 28.1 Å². The van der Waals surface area contributed by atoms with Gasteiger partial charge in [0.25, 0.3) is 0 Å². The molecule has 0 radical (unpaired) electrons. The molecule has 3 heteroatoms. The van der Waals surface area contributed by atoms with Gasteiger partial charge in [-0.05, 0) is 30.9 Å². The van der Waals surface area contributed by atoms with Crippen molar-refractivity contribution in [3.8, 4) is 0 Å². The van der Waals surface area contributed by atoms with Crippen LogP contribution in [0.5, 0.6) is 0 Å². The Morgan fingerprint density at radius 1 is 1.44 bits per heavy atom. The number of hydrogen-bond donors (Lipinski definition) is 1. The maximum Gasteiger partial charge on any atom is 0.105 e. The van der Waals surface area contributed by atoms with Crippen LogP contribution in [0.4, 0.5) is 5.69 Å². The zero-order chi connectivity index (χ0) is 11.3. The lowest BCUT2D eigenvalue weighted by atomic mass is 10.1. The number of nitrogens with zero attached hydrogens (tertiary/aromatic N) is 1. The molecule has 1 fully saturated rings. The molecular formula is C13H16N2S. The van der Waals surface area contributed by atoms with Crippen molar-refractivity contribution in [2.24, 2.45) is 0 Å². The first-order chi connectivity index (χ1) is 7.64. The Morgan fingerprint density at radius 3 is 2.81 bits per heavy atom. The Labute approximate surface area is 99.5 Å². The number of thiazole rings is 1. The number of nitrogen functional groups attached to an aromatic ring is 1. The summed E-state index contributed by atoms with van der Waals surface area (Å²) >= 11 is 1.81. The Morgan fingerprint density at radius 2 is 2.19 bits per heavy atom. The third-order valence-electron chi connectivity index (χ3n) is 3.59. The Hall–Kier alpha value is -1.09. The molecule has 3 rings (SSSR count). The zero-order valence-corrected chi connectivity index (χ0v) is 10.5. The van der Waals surface area contributed by atoms with Crippen LogP contribution in [-0.2, 0) is 11.8 Å². The van der Waals surface area contributed by atoms with Gasteiger partial charge in [0.2, 0.25) is 0 Å². The van der Waals surface area contributed by atoms with Crippen LogP contribution in [0.3, 0.4) is 0 Å². The first-order valence-corrected chi connectivity index (χ1v) is 6.64. The highest BCUT2D eigenvalue weighted by atomic mass is 32.1. The summed E-state index contributed by atoms with van der Waals surface area (Å²) in [6, 6.07) is 4.30. The van der Waals surface area contributed by atoms with E-state index in [4.69, 9.17) is 10.7 Å². The van der Waals surface area contributed by atoms with Gasteiger partial charge in [-0.25, -0.2) is 4.98 Å². The molecular weight excluding hydrogens is 216 g/mol. The summed E-state index contributed by atoms with van der Waals surface area (Å²) in [6.45, 7) is 4.43. The van der Waals surface area contributed by atoms with E-state index in [-0.39, 0.29) is 0 Å². The predicted octanol–water partition coefficient (Wildman–Crippen LogP) is 3.49. The number of fused-ring (bicyclic) bond motifs is 1. The van der Waals surface area contributed by atoms with Gasteiger partial charge in [0, 0.05) is 5.41 Å². The third kappa shape index (κ3) is 1.34. The summed E-state index contributed by atoms with van der Waals surface area (Å²) in [5, 5.41) is 1.27. The number of benzene rings is 1. The standard InChI is InChI=1S/C13H16N2S/c1-3-8-4-5-9-11(10(8)14)15-12(16-9)13(2)6-7-13/h4-5H,3,6-7,14H2,1-2H3. The Bertz CT molecular complexity index is 552. The van der Waals surface area contributed by atoms with Crippen molar-refractivity contribution in [1.29, 1.82) is 0 Å². The molecule has 2 aromatic rings. The molecule has 0 aliphatic heterocycles. The Kier molecular flexibility index (Phi) is 2.02. The van der Waals surface area contributed by atoms with Crippen molar-refractivity contribution in [1.82, 2.24) is 4.98 Å². The maximum absolute atomic E-state index is 6.15. The summed E-state index contributed by atoms with van der Waals surface area (Å²) in [5.41, 5.74) is 9.62. The number of aromatic nitrogens is 1. The average Bonchev–Trinajstić information content (AvgIpc) is 2.87. The first kappa shape index (κ1) is 10.1. The van der Waals surface area contributed by atoms with Gasteiger partial charge in [-0.15, -0.1) is 11.3 Å². The van der Waals surface area contributed by atoms with Gasteiger partial charge in [-0.2, -0.15) is 0 Å². The third-order valence-corrected chi connectivity index (χ3v) is 4.91. The van der Waals surface area contributed by atoms with Crippen LogP contribution >= 0.6 is 11.3 Å². The zero-order valence-electron chi connectivity index (χ0n) is 9.71. The van der Waals surface area contributed by atoms with E-state index >= 15 is 0 Å². The van der Waals surface area contributed by atoms with Gasteiger partial charge in [-0.1, -0.05) is 19.9 Å². The second-order valence-corrected chi connectivity index (χ2v) is 5.95. The quantitative estimate of drug-likeness (QED) is 0.805. The van der Waals surface area contributed by atoms with Crippen molar-refractivity contribution in [3.05, 3.63) is 22.7 Å². The lowest BCUT2D eigenvalue weighted by molar-refractivity contribution is 0.780. The molecule has 2 nitrogen and oxygen atoms in total. The highest BCUT2D eigenvalue weighted by molar-refractivity contribution is 7.18. The SMILES string of the molecule is CCc1ccc2sc(C3(C)CC3)nc2c1N. The van der Waals surface area contributed by atoms with Crippen LogP contribution in [0.25, 0.3) is 10.2 Å². The molecule has 0 unspecified atom stereocenters. The van der Waals surface area contributed by atoms with Gasteiger partial charge in [-0.3, -0.25) is 0 Å². The highest BCUT2D eigenvalue weighted by Crippen LogP contribution is 2.50. The van der Waals surface area contributed by atoms with Crippen LogP contribution in [0.1, 0.15) is 37.3 Å². The van der Waals surface area contributed by atoms with Gasteiger partial charge in [0.15, 0.2) is 0 Å². The van der Waals surface area contributed by atoms with E-state index in [0.717, 1.165) is 17.6 Å². The van der Waals surface area contributed by atoms with Crippen molar-refractivity contribution in [3.63, 3.8) is 0 Å². The van der Waals surface area contributed by atoms with E-state index in [2.05, 4.69) is 26.0 Å². The normalized spacial score (nSPS) is 17.9. The topological polar surface area (TPSA) is 38.9 Å². The summed E-state index contributed by atoms with van der Waals surface area (Å²) in [6.07, 6.45) is 3.52. The number of anilines is 1. The second-order valence-electron chi connectivity index (χ2n) is 4.92. The number of aryl methyl sites for hydroxylation is 1. The van der Waals surface area contributed by atoms with Crippen LogP contribution in [0.15, 0.2) is 12.1 Å². The number of rotatable bonds is 2. The maximum atomic E-state index is 6.15. The summed E-state index contributed by atoms with van der Waals surface area (Å²) in [7, 11) is 0. The molecule has 1 aliphatic carbocycles. The molecule has 2 N–H and O–H groups in total. The number of hydrogen-bond acceptors (Lipinski definition) is 3. The smallest absolute Gasteiger partial charge is 0.105 e. The lowest BCUT2D eigenvalue weighted by Gasteiger charge is -2.02. The van der Waals surface area contributed by atoms with Crippen LogP contribution in [0.2, 0.25) is 0 Å². The summed E-state index contributed by atoms with van der Waals surface area (Å²) in [4.78, 5) is 4.75. The molecule has 0 bridgehead atoms. The summed E-state index contributed by atoms with van der Waals surface area (Å²) < 4.78 is 1.23. The fourth-order valence-electron chi connectivity index (χ4n) is 2.02. The average molecular weight is 232 g/mol. The molecule has 0 amide bonds. The van der Waals surface area contributed by atoms with E-state index in [1.807, 2.05) is 11.3 Å². The minimum absolute atomic E-state index is 0.350. The molecule has 1 saturated carbocycles. The molecule has 1 aromatic heterocycles. The van der Waals surface area contributed by atoms with Gasteiger partial charge >= 0.3 is 0 Å². The minimum Gasteiger partial charge on any atom is -0.397 e. The highest BCUT2D eigenvalue weighted by Gasteiger charge is 2.42. The second kappa shape index (κ2) is 3.20. The van der Waals surface area contributed by atoms with E-state index in [9.17, 15) is 0 Å². The van der Waals surface area contributed by atoms with E-state index in [1.54, 1.807) is 0 Å². The van der Waals surface area contributed by atoms with E-state index in [0.29, 0.717) is 5.41 Å². The van der Waals surface area contributed by atoms with Crippen molar-refractivity contribution < 1.29 is 0 Å².